The van der Waals surface area contributed by atoms with E-state index in [-0.39, 0.29) is 0 Å². The summed E-state index contributed by atoms with van der Waals surface area (Å²) in [6.45, 7) is 0. The zero-order valence-electron chi connectivity index (χ0n) is 2.29. The number of rotatable bonds is 1. The van der Waals surface area contributed by atoms with E-state index in [4.69, 9.17) is 11.6 Å². The molecule has 0 N–H and O–H groups in total. The molecule has 0 aromatic rings. The van der Waals surface area contributed by atoms with Gasteiger partial charge in [-0.3, -0.25) is 0 Å². The van der Waals surface area contributed by atoms with Crippen LogP contribution in [-0.4, -0.2) is 6.26 Å². The van der Waals surface area contributed by atoms with E-state index in [2.05, 4.69) is 5.21 Å². The highest BCUT2D eigenvalue weighted by atomic mass is 35.5. The third-order valence-corrected chi connectivity index (χ3v) is 0.694. The van der Waals surface area contributed by atoms with Crippen LogP contribution in [-0.2, 0) is 0 Å². The Hall–Kier alpha value is 0.640. The molecule has 0 amide bonds. The fourth-order valence-electron chi connectivity index (χ4n) is 0. The van der Waals surface area contributed by atoms with Gasteiger partial charge in [-0.25, -0.2) is 0 Å². The lowest BCUT2D eigenvalue weighted by atomic mass is 11.9. The second-order valence-electron chi connectivity index (χ2n) is 0.281. The molecular formula is C2H3ClS. The summed E-state index contributed by atoms with van der Waals surface area (Å²) in [6, 6.07) is 0. The van der Waals surface area contributed by atoms with Gasteiger partial charge in [0.25, 0.3) is 0 Å². The molecule has 0 saturated heterocycles. The lowest BCUT2D eigenvalue weighted by Crippen LogP contribution is -1.33. The van der Waals surface area contributed by atoms with Gasteiger partial charge in [-0.1, -0.05) is 0 Å². The van der Waals surface area contributed by atoms with Gasteiger partial charge in [0, 0.05) is 0 Å². The van der Waals surface area contributed by atoms with E-state index in [1.807, 2.05) is 6.26 Å². The van der Waals surface area contributed by atoms with Crippen molar-refractivity contribution in [2.24, 2.45) is 0 Å². The van der Waals surface area contributed by atoms with Crippen LogP contribution in [0.4, 0.5) is 0 Å². The maximum absolute atomic E-state index is 4.90. The standard InChI is InChI=1S/C2H3ClS/c1-4-2-3/h1H3. The minimum atomic E-state index is 1.37. The van der Waals surface area contributed by atoms with Crippen LogP contribution < -0.4 is 0 Å². The monoisotopic (exact) mass is 94.0 g/mol. The maximum Gasteiger partial charge on any atom is 0.151 e. The normalized spacial score (nSPS) is 7.50. The summed E-state index contributed by atoms with van der Waals surface area (Å²) in [6.07, 6.45) is 1.85. The predicted octanol–water partition coefficient (Wildman–Crippen LogP) is 1.58. The van der Waals surface area contributed by atoms with E-state index in [1.165, 1.54) is 11.8 Å². The van der Waals surface area contributed by atoms with Crippen molar-refractivity contribution in [2.75, 3.05) is 6.26 Å². The Labute approximate surface area is 35.5 Å². The predicted molar refractivity (Wildman–Crippen MR) is 22.6 cm³/mol. The Morgan fingerprint density at radius 3 is 2.25 bits per heavy atom. The summed E-state index contributed by atoms with van der Waals surface area (Å²) in [7, 11) is 0. The Bertz CT molecular complexity index is 8.00. The second-order valence-corrected chi connectivity index (χ2v) is 1.31. The Kier molecular flexibility index (Phi) is 4.22. The van der Waals surface area contributed by atoms with Crippen molar-refractivity contribution < 1.29 is 0 Å². The molecule has 0 unspecified atom stereocenters. The van der Waals surface area contributed by atoms with Crippen LogP contribution in [0.15, 0.2) is 0 Å². The van der Waals surface area contributed by atoms with Crippen molar-refractivity contribution in [3.8, 4) is 0 Å². The molecule has 0 fully saturated rings. The molecule has 0 heterocycles. The first-order valence-electron chi connectivity index (χ1n) is 0.801. The van der Waals surface area contributed by atoms with Crippen LogP contribution in [0.25, 0.3) is 0 Å². The molecule has 0 aliphatic carbocycles. The van der Waals surface area contributed by atoms with Crippen LogP contribution in [0, 0.1) is 5.21 Å². The van der Waals surface area contributed by atoms with Gasteiger partial charge in [0.15, 0.2) is 5.21 Å². The van der Waals surface area contributed by atoms with Gasteiger partial charge in [-0.15, -0.1) is 23.4 Å². The minimum Gasteiger partial charge on any atom is -0.137 e. The second kappa shape index (κ2) is 3.64. The van der Waals surface area contributed by atoms with Crippen molar-refractivity contribution >= 4 is 23.4 Å². The van der Waals surface area contributed by atoms with Crippen molar-refractivity contribution in [1.29, 1.82) is 0 Å². The summed E-state index contributed by atoms with van der Waals surface area (Å²) in [5.74, 6) is 0. The number of halogens is 1. The van der Waals surface area contributed by atoms with Crippen molar-refractivity contribution in [2.45, 2.75) is 0 Å². The van der Waals surface area contributed by atoms with Gasteiger partial charge in [-0.05, 0) is 6.26 Å². The van der Waals surface area contributed by atoms with Crippen LogP contribution in [0.3, 0.4) is 0 Å². The molecule has 0 aromatic carbocycles. The molecule has 0 nitrogen and oxygen atoms in total. The van der Waals surface area contributed by atoms with Crippen LogP contribution in [0.2, 0.25) is 0 Å². The van der Waals surface area contributed by atoms with Gasteiger partial charge in [-0.2, -0.15) is 0 Å². The van der Waals surface area contributed by atoms with Gasteiger partial charge in [0.2, 0.25) is 0 Å². The third kappa shape index (κ3) is 2.64. The molecule has 2 heteroatoms. The quantitative estimate of drug-likeness (QED) is 0.476. The van der Waals surface area contributed by atoms with Gasteiger partial charge in [0.05, 0.1) is 0 Å². The molecule has 0 rings (SSSR count). The molecule has 4 heavy (non-hydrogen) atoms. The molecule has 0 aliphatic heterocycles. The molecule has 24 valence electrons. The van der Waals surface area contributed by atoms with E-state index < -0.39 is 0 Å². The number of hydrogen-bond acceptors (Lipinski definition) is 1. The smallest absolute Gasteiger partial charge is 0.137 e. The molecular weight excluding hydrogens is 91.5 g/mol. The van der Waals surface area contributed by atoms with Crippen molar-refractivity contribution in [1.82, 2.24) is 0 Å². The van der Waals surface area contributed by atoms with Crippen molar-refractivity contribution in [3.63, 3.8) is 0 Å². The van der Waals surface area contributed by atoms with Gasteiger partial charge >= 0.3 is 0 Å². The molecule has 0 aromatic heterocycles. The van der Waals surface area contributed by atoms with E-state index in [0.717, 1.165) is 0 Å². The van der Waals surface area contributed by atoms with E-state index in [9.17, 15) is 0 Å². The molecule has 0 spiro atoms. The molecule has 2 radical (unpaired) electrons. The summed E-state index contributed by atoms with van der Waals surface area (Å²) >= 11 is 6.27. The van der Waals surface area contributed by atoms with Gasteiger partial charge < -0.3 is 0 Å². The first-order valence-corrected chi connectivity index (χ1v) is 2.40. The topological polar surface area (TPSA) is 0 Å². The molecule has 0 aliphatic rings. The maximum atomic E-state index is 4.90. The zero-order valence-corrected chi connectivity index (χ0v) is 3.86. The fraction of sp³-hybridized carbons (Fsp3) is 0.500. The highest BCUT2D eigenvalue weighted by Gasteiger charge is 1.61. The summed E-state index contributed by atoms with van der Waals surface area (Å²) in [5.41, 5.74) is 0. The highest BCUT2D eigenvalue weighted by molar-refractivity contribution is 8.01. The van der Waals surface area contributed by atoms with Crippen LogP contribution in [0.1, 0.15) is 0 Å². The Balaban J connectivity index is 1.97. The number of hydrogen-bond donors (Lipinski definition) is 0. The molecule has 0 bridgehead atoms. The number of thioether (sulfide) groups is 1. The van der Waals surface area contributed by atoms with Crippen molar-refractivity contribution in [3.05, 3.63) is 5.21 Å². The largest absolute Gasteiger partial charge is 0.151 e. The zero-order chi connectivity index (χ0) is 3.41. The van der Waals surface area contributed by atoms with E-state index in [1.54, 1.807) is 0 Å². The summed E-state index contributed by atoms with van der Waals surface area (Å²) in [4.78, 5) is 0. The average molecular weight is 94.6 g/mol. The average Bonchev–Trinajstić information content (AvgIpc) is 1.37. The third-order valence-electron chi connectivity index (χ3n) is 0.0772. The lowest BCUT2D eigenvalue weighted by molar-refractivity contribution is 2.44. The first kappa shape index (κ1) is 4.64. The van der Waals surface area contributed by atoms with E-state index >= 15 is 0 Å². The minimum absolute atomic E-state index is 1.37. The van der Waals surface area contributed by atoms with Crippen LogP contribution in [0.5, 0.6) is 0 Å². The molecule has 0 atom stereocenters. The summed E-state index contributed by atoms with van der Waals surface area (Å²) < 4.78 is 0. The fourth-order valence-corrected chi connectivity index (χ4v) is 0. The lowest BCUT2D eigenvalue weighted by Gasteiger charge is -1.63. The van der Waals surface area contributed by atoms with Crippen LogP contribution >= 0.6 is 23.4 Å². The summed E-state index contributed by atoms with van der Waals surface area (Å²) in [5, 5.41) is 2.32. The molecule has 0 saturated carbocycles. The Morgan fingerprint density at radius 2 is 2.25 bits per heavy atom. The van der Waals surface area contributed by atoms with E-state index in [0.29, 0.717) is 0 Å². The highest BCUT2D eigenvalue weighted by Crippen LogP contribution is 1.99. The first-order chi connectivity index (χ1) is 1.91. The Morgan fingerprint density at radius 1 is 2.00 bits per heavy atom. The SMILES string of the molecule is CS[C]Cl. The van der Waals surface area contributed by atoms with Gasteiger partial charge in [0.1, 0.15) is 0 Å².